The number of nitrogens with one attached hydrogen (secondary N) is 1. The number of β-lactam (4-membered cyclic amide) rings is 1. The van der Waals surface area contributed by atoms with Crippen LogP contribution in [-0.4, -0.2) is 91.4 Å². The summed E-state index contributed by atoms with van der Waals surface area (Å²) in [7, 11) is 3.73. The highest BCUT2D eigenvalue weighted by Crippen LogP contribution is 2.42. The molecule has 1 fully saturated rings. The Hall–Kier alpha value is -2.47. The second-order valence-corrected chi connectivity index (χ2v) is 11.3. The highest BCUT2D eigenvalue weighted by molar-refractivity contribution is 8.76. The minimum atomic E-state index is -1.26. The highest BCUT2D eigenvalue weighted by Gasteiger charge is 2.54. The van der Waals surface area contributed by atoms with Crippen molar-refractivity contribution in [2.75, 3.05) is 30.1 Å². The Labute approximate surface area is 209 Å². The first-order valence-electron chi connectivity index (χ1n) is 9.41. The van der Waals surface area contributed by atoms with Gasteiger partial charge in [0.2, 0.25) is 0 Å². The van der Waals surface area contributed by atoms with Crippen LogP contribution in [0.5, 0.6) is 0 Å². The van der Waals surface area contributed by atoms with Gasteiger partial charge in [0.25, 0.3) is 11.8 Å². The lowest BCUT2D eigenvalue weighted by molar-refractivity contribution is -0.150. The lowest BCUT2D eigenvalue weighted by atomic mass is 10.0. The summed E-state index contributed by atoms with van der Waals surface area (Å²) in [6, 6.07) is -1.98. The van der Waals surface area contributed by atoms with E-state index < -0.39 is 41.2 Å². The summed E-state index contributed by atoms with van der Waals surface area (Å²) in [6.45, 7) is 0. The summed E-state index contributed by atoms with van der Waals surface area (Å²) >= 11 is 2.42. The normalized spacial score (nSPS) is 20.9. The number of nitrogen functional groups attached to an aromatic ring is 1. The number of amides is 2. The SMILES string of the molecule is CO/N=C(\C(=O)N[C@@H]1C(=O)N2C(C(=O)O)=C(CSSC[C@@H](N)C(=O)O)CS[C@H]12)c1csc(N)n1. The van der Waals surface area contributed by atoms with E-state index in [1.54, 1.807) is 0 Å². The number of rotatable bonds is 11. The third-order valence-electron chi connectivity index (χ3n) is 4.58. The van der Waals surface area contributed by atoms with Crippen LogP contribution in [-0.2, 0) is 24.0 Å². The van der Waals surface area contributed by atoms with E-state index in [0.29, 0.717) is 11.3 Å². The molecule has 1 aromatic heterocycles. The molecule has 0 bridgehead atoms. The van der Waals surface area contributed by atoms with E-state index >= 15 is 0 Å². The van der Waals surface area contributed by atoms with Gasteiger partial charge < -0.3 is 31.8 Å². The Morgan fingerprint density at radius 1 is 1.41 bits per heavy atom. The van der Waals surface area contributed by atoms with Crippen molar-refractivity contribution in [3.05, 3.63) is 22.3 Å². The maximum absolute atomic E-state index is 12.8. The molecule has 184 valence electrons. The number of carboxylic acid groups (broad SMARTS) is 2. The number of thioether (sulfide) groups is 1. The molecule has 0 saturated carbocycles. The summed E-state index contributed by atoms with van der Waals surface area (Å²) in [4.78, 5) is 58.1. The number of nitrogens with two attached hydrogens (primary N) is 2. The van der Waals surface area contributed by atoms with E-state index in [4.69, 9.17) is 21.4 Å². The molecule has 0 aromatic carbocycles. The van der Waals surface area contributed by atoms with Gasteiger partial charge in [0.1, 0.15) is 36.0 Å². The number of oxime groups is 1. The first kappa shape index (κ1) is 26.1. The van der Waals surface area contributed by atoms with Gasteiger partial charge in [-0.25, -0.2) is 9.78 Å². The molecule has 0 aliphatic carbocycles. The Morgan fingerprint density at radius 3 is 2.74 bits per heavy atom. The highest BCUT2D eigenvalue weighted by atomic mass is 33.1. The summed E-state index contributed by atoms with van der Waals surface area (Å²) < 4.78 is 0. The number of hydrogen-bond donors (Lipinski definition) is 5. The summed E-state index contributed by atoms with van der Waals surface area (Å²) in [5.41, 5.74) is 11.5. The van der Waals surface area contributed by atoms with Crippen LogP contribution in [0.2, 0.25) is 0 Å². The lowest BCUT2D eigenvalue weighted by Gasteiger charge is -2.49. The fraction of sp³-hybridized carbons (Fsp3) is 0.412. The van der Waals surface area contributed by atoms with Crippen LogP contribution in [0, 0.1) is 0 Å². The molecule has 3 atom stereocenters. The van der Waals surface area contributed by atoms with Crippen LogP contribution >= 0.6 is 44.7 Å². The van der Waals surface area contributed by atoms with Gasteiger partial charge >= 0.3 is 11.9 Å². The molecule has 0 unspecified atom stereocenters. The Balaban J connectivity index is 1.67. The van der Waals surface area contributed by atoms with Crippen molar-refractivity contribution in [2.24, 2.45) is 10.9 Å². The minimum absolute atomic E-state index is 0.132. The monoisotopic (exact) mass is 548 g/mol. The average molecular weight is 549 g/mol. The number of nitrogens with zero attached hydrogens (tertiary/aromatic N) is 3. The maximum atomic E-state index is 12.8. The van der Waals surface area contributed by atoms with Crippen molar-refractivity contribution in [3.63, 3.8) is 0 Å². The molecular formula is C17H20N6O7S4. The van der Waals surface area contributed by atoms with Crippen LogP contribution in [0.4, 0.5) is 5.13 Å². The number of aliphatic carboxylic acids is 2. The van der Waals surface area contributed by atoms with Crippen LogP contribution in [0.3, 0.4) is 0 Å². The summed E-state index contributed by atoms with van der Waals surface area (Å²) in [6.07, 6.45) is 0. The Morgan fingerprint density at radius 2 is 2.15 bits per heavy atom. The molecule has 1 aromatic rings. The van der Waals surface area contributed by atoms with Crippen molar-refractivity contribution >= 4 is 79.3 Å². The molecule has 1 saturated heterocycles. The van der Waals surface area contributed by atoms with Gasteiger partial charge in [0.15, 0.2) is 10.8 Å². The van der Waals surface area contributed by atoms with Gasteiger partial charge in [-0.2, -0.15) is 0 Å². The van der Waals surface area contributed by atoms with Gasteiger partial charge in [-0.15, -0.1) is 23.1 Å². The van der Waals surface area contributed by atoms with E-state index in [1.807, 2.05) is 0 Å². The molecule has 0 radical (unpaired) electrons. The number of carbonyl (C=O) groups is 4. The molecule has 17 heteroatoms. The zero-order valence-corrected chi connectivity index (χ0v) is 20.8. The van der Waals surface area contributed by atoms with Gasteiger partial charge in [0.05, 0.1) is 0 Å². The molecular weight excluding hydrogens is 528 g/mol. The third-order valence-corrected chi connectivity index (χ3v) is 8.98. The van der Waals surface area contributed by atoms with Gasteiger partial charge in [-0.3, -0.25) is 19.3 Å². The maximum Gasteiger partial charge on any atom is 0.352 e. The second kappa shape index (κ2) is 11.3. The van der Waals surface area contributed by atoms with Crippen molar-refractivity contribution < 1.29 is 34.2 Å². The first-order valence-corrected chi connectivity index (χ1v) is 13.8. The van der Waals surface area contributed by atoms with Crippen LogP contribution in [0.1, 0.15) is 5.69 Å². The topological polar surface area (TPSA) is 211 Å². The predicted molar refractivity (Wildman–Crippen MR) is 130 cm³/mol. The molecule has 3 heterocycles. The molecule has 34 heavy (non-hydrogen) atoms. The molecule has 3 rings (SSSR count). The molecule has 2 aliphatic heterocycles. The number of carbonyl (C=O) groups excluding carboxylic acids is 2. The van der Waals surface area contributed by atoms with Gasteiger partial charge in [-0.05, 0) is 5.57 Å². The zero-order valence-electron chi connectivity index (χ0n) is 17.5. The molecule has 7 N–H and O–H groups in total. The quantitative estimate of drug-likeness (QED) is 0.0785. The summed E-state index contributed by atoms with van der Waals surface area (Å²) in [5.74, 6) is -2.91. The molecule has 2 aliphatic rings. The minimum Gasteiger partial charge on any atom is -0.480 e. The van der Waals surface area contributed by atoms with Crippen molar-refractivity contribution in [1.82, 2.24) is 15.2 Å². The van der Waals surface area contributed by atoms with Crippen molar-refractivity contribution in [1.29, 1.82) is 0 Å². The van der Waals surface area contributed by atoms with E-state index in [1.165, 1.54) is 45.8 Å². The van der Waals surface area contributed by atoms with E-state index in [-0.39, 0.29) is 33.7 Å². The number of aromatic nitrogens is 1. The first-order chi connectivity index (χ1) is 16.1. The van der Waals surface area contributed by atoms with Crippen LogP contribution < -0.4 is 16.8 Å². The average Bonchev–Trinajstić information content (AvgIpc) is 3.23. The second-order valence-electron chi connectivity index (χ2n) is 6.80. The zero-order chi connectivity index (χ0) is 25.0. The largest absolute Gasteiger partial charge is 0.480 e. The van der Waals surface area contributed by atoms with Crippen molar-refractivity contribution in [3.8, 4) is 0 Å². The molecule has 0 spiro atoms. The number of fused-ring (bicyclic) bond motifs is 1. The number of thiazole rings is 1. The standard InChI is InChI=1S/C17H20N6O7S4/c1-30-22-9(8-5-32-17(19)20-8)12(24)21-10-13(25)23-11(16(28)29)6(2-31-14(10)23)3-33-34-4-7(18)15(26)27/h5,7,10,14H,2-4,18H2,1H3,(H2,19,20)(H,21,24)(H,26,27)(H,28,29)/b22-9-/t7-,10-,14-/m1/s1. The van der Waals surface area contributed by atoms with Crippen LogP contribution in [0.25, 0.3) is 0 Å². The van der Waals surface area contributed by atoms with E-state index in [2.05, 4.69) is 15.5 Å². The van der Waals surface area contributed by atoms with Crippen LogP contribution in [0.15, 0.2) is 21.8 Å². The lowest BCUT2D eigenvalue weighted by Crippen LogP contribution is -2.71. The van der Waals surface area contributed by atoms with Gasteiger partial charge in [0, 0.05) is 22.6 Å². The van der Waals surface area contributed by atoms with E-state index in [9.17, 15) is 24.3 Å². The number of carboxylic acids is 2. The van der Waals surface area contributed by atoms with Crippen molar-refractivity contribution in [2.45, 2.75) is 17.5 Å². The van der Waals surface area contributed by atoms with Gasteiger partial charge in [-0.1, -0.05) is 26.7 Å². The number of anilines is 1. The third kappa shape index (κ3) is 5.60. The molecule has 2 amide bonds. The molecule has 13 nitrogen and oxygen atoms in total. The fourth-order valence-corrected chi connectivity index (χ4v) is 7.28. The fourth-order valence-electron chi connectivity index (χ4n) is 3.00. The summed E-state index contributed by atoms with van der Waals surface area (Å²) in [5, 5.41) is 26.0. The Bertz CT molecular complexity index is 1060. The van der Waals surface area contributed by atoms with E-state index in [0.717, 1.165) is 16.2 Å². The smallest absolute Gasteiger partial charge is 0.352 e. The number of hydrogen-bond acceptors (Lipinski definition) is 13. The predicted octanol–water partition coefficient (Wildman–Crippen LogP) is -0.392. The Kier molecular flexibility index (Phi) is 8.69.